The first kappa shape index (κ1) is 18.3. The number of hydrogen-bond acceptors (Lipinski definition) is 6. The predicted octanol–water partition coefficient (Wildman–Crippen LogP) is 4.41. The fourth-order valence-corrected chi connectivity index (χ4v) is 2.40. The second-order valence-corrected chi connectivity index (χ2v) is 6.39. The first-order valence-electron chi connectivity index (χ1n) is 7.33. The van der Waals surface area contributed by atoms with Gasteiger partial charge in [0.2, 0.25) is 5.82 Å². The van der Waals surface area contributed by atoms with Gasteiger partial charge in [0.1, 0.15) is 0 Å². The monoisotopic (exact) mass is 440 g/mol. The lowest BCUT2D eigenvalue weighted by molar-refractivity contribution is -0.148. The quantitative estimate of drug-likeness (QED) is 0.527. The molecule has 26 heavy (non-hydrogen) atoms. The molecule has 0 amide bonds. The molecular weight excluding hydrogens is 431 g/mol. The van der Waals surface area contributed by atoms with Crippen molar-refractivity contribution in [3.8, 4) is 17.1 Å². The van der Waals surface area contributed by atoms with Crippen LogP contribution in [0.4, 0.5) is 4.39 Å². The summed E-state index contributed by atoms with van der Waals surface area (Å²) in [5, 5.41) is 4.39. The Morgan fingerprint density at radius 3 is 2.73 bits per heavy atom. The molecule has 3 rings (SSSR count). The minimum atomic E-state index is -0.696. The van der Waals surface area contributed by atoms with Gasteiger partial charge in [-0.3, -0.25) is 0 Å². The van der Waals surface area contributed by atoms with Crippen LogP contribution in [0.3, 0.4) is 0 Å². The highest BCUT2D eigenvalue weighted by Crippen LogP contribution is 2.21. The third-order valence-electron chi connectivity index (χ3n) is 3.17. The fourth-order valence-electron chi connectivity index (χ4n) is 1.94. The molecular formula is C17H11BrClFN2O4. The van der Waals surface area contributed by atoms with E-state index in [1.165, 1.54) is 12.1 Å². The molecule has 2 aromatic carbocycles. The third-order valence-corrected chi connectivity index (χ3v) is 3.91. The lowest BCUT2D eigenvalue weighted by Crippen LogP contribution is -2.15. The number of aromatic nitrogens is 2. The van der Waals surface area contributed by atoms with E-state index in [0.29, 0.717) is 20.9 Å². The molecule has 1 heterocycles. The highest BCUT2D eigenvalue weighted by atomic mass is 79.9. The van der Waals surface area contributed by atoms with Crippen molar-refractivity contribution in [3.63, 3.8) is 0 Å². The molecule has 0 atom stereocenters. The summed E-state index contributed by atoms with van der Waals surface area (Å²) in [6, 6.07) is 11.1. The van der Waals surface area contributed by atoms with Crippen LogP contribution in [0.5, 0.6) is 5.75 Å². The molecule has 134 valence electrons. The van der Waals surface area contributed by atoms with E-state index in [1.54, 1.807) is 30.3 Å². The average Bonchev–Trinajstić information content (AvgIpc) is 3.09. The number of carbonyl (C=O) groups is 1. The second-order valence-electron chi connectivity index (χ2n) is 5.04. The number of hydrogen-bond donors (Lipinski definition) is 0. The number of ether oxygens (including phenoxy) is 2. The molecule has 0 radical (unpaired) electrons. The molecule has 6 nitrogen and oxygen atoms in total. The van der Waals surface area contributed by atoms with Crippen LogP contribution in [0.15, 0.2) is 51.5 Å². The van der Waals surface area contributed by atoms with Gasteiger partial charge < -0.3 is 14.0 Å². The molecule has 0 aliphatic heterocycles. The van der Waals surface area contributed by atoms with E-state index in [2.05, 4.69) is 26.1 Å². The van der Waals surface area contributed by atoms with Crippen LogP contribution < -0.4 is 4.74 Å². The van der Waals surface area contributed by atoms with Gasteiger partial charge in [-0.25, -0.2) is 9.18 Å². The SMILES string of the molecule is O=C(COc1ccc(Br)cc1F)OCc1nc(-c2ccc(Cl)cc2)no1. The standard InChI is InChI=1S/C17H11BrClFN2O4/c18-11-3-6-14(13(20)7-11)24-9-16(23)25-8-15-21-17(22-26-15)10-1-4-12(19)5-2-10/h1-7H,8-9H2. The molecule has 0 N–H and O–H groups in total. The Labute approximate surface area is 161 Å². The molecule has 1 aromatic heterocycles. The normalized spacial score (nSPS) is 10.6. The first-order chi connectivity index (χ1) is 12.5. The van der Waals surface area contributed by atoms with E-state index in [0.717, 1.165) is 0 Å². The molecule has 0 aliphatic rings. The molecule has 9 heteroatoms. The van der Waals surface area contributed by atoms with E-state index in [1.807, 2.05) is 0 Å². The Morgan fingerprint density at radius 1 is 1.23 bits per heavy atom. The highest BCUT2D eigenvalue weighted by molar-refractivity contribution is 9.10. The summed E-state index contributed by atoms with van der Waals surface area (Å²) in [5.41, 5.74) is 0.713. The van der Waals surface area contributed by atoms with Crippen LogP contribution in [0.25, 0.3) is 11.4 Å². The van der Waals surface area contributed by atoms with Gasteiger partial charge in [0.05, 0.1) is 0 Å². The largest absolute Gasteiger partial charge is 0.479 e. The summed E-state index contributed by atoms with van der Waals surface area (Å²) in [4.78, 5) is 15.8. The van der Waals surface area contributed by atoms with Gasteiger partial charge in [-0.1, -0.05) is 32.7 Å². The van der Waals surface area contributed by atoms with Crippen molar-refractivity contribution in [2.45, 2.75) is 6.61 Å². The number of halogens is 3. The van der Waals surface area contributed by atoms with Gasteiger partial charge >= 0.3 is 5.97 Å². The van der Waals surface area contributed by atoms with E-state index in [-0.39, 0.29) is 18.2 Å². The van der Waals surface area contributed by atoms with Crippen LogP contribution in [0.1, 0.15) is 5.89 Å². The number of benzene rings is 2. The van der Waals surface area contributed by atoms with Gasteiger partial charge in [-0.15, -0.1) is 0 Å². The van der Waals surface area contributed by atoms with Crippen molar-refractivity contribution in [1.82, 2.24) is 10.1 Å². The summed E-state index contributed by atoms with van der Waals surface area (Å²) in [7, 11) is 0. The van der Waals surface area contributed by atoms with Gasteiger partial charge in [0.15, 0.2) is 24.8 Å². The Balaban J connectivity index is 1.51. The maximum Gasteiger partial charge on any atom is 0.344 e. The minimum absolute atomic E-state index is 0.0482. The highest BCUT2D eigenvalue weighted by Gasteiger charge is 2.13. The van der Waals surface area contributed by atoms with Crippen LogP contribution in [0.2, 0.25) is 5.02 Å². The Morgan fingerprint density at radius 2 is 2.00 bits per heavy atom. The summed E-state index contributed by atoms with van der Waals surface area (Å²) in [6.45, 7) is -0.664. The zero-order valence-corrected chi connectivity index (χ0v) is 15.5. The van der Waals surface area contributed by atoms with Crippen molar-refractivity contribution in [2.24, 2.45) is 0 Å². The van der Waals surface area contributed by atoms with Crippen molar-refractivity contribution in [1.29, 1.82) is 0 Å². The fraction of sp³-hybridized carbons (Fsp3) is 0.118. The zero-order chi connectivity index (χ0) is 18.5. The Hall–Kier alpha value is -2.45. The number of rotatable bonds is 6. The molecule has 3 aromatic rings. The molecule has 0 fully saturated rings. The first-order valence-corrected chi connectivity index (χ1v) is 8.50. The summed E-state index contributed by atoms with van der Waals surface area (Å²) >= 11 is 8.95. The Kier molecular flexibility index (Phi) is 5.85. The third kappa shape index (κ3) is 4.80. The molecule has 0 bridgehead atoms. The second kappa shape index (κ2) is 8.29. The topological polar surface area (TPSA) is 74.5 Å². The number of esters is 1. The molecule has 0 unspecified atom stereocenters. The van der Waals surface area contributed by atoms with Crippen molar-refractivity contribution in [2.75, 3.05) is 6.61 Å². The van der Waals surface area contributed by atoms with E-state index >= 15 is 0 Å². The van der Waals surface area contributed by atoms with E-state index in [4.69, 9.17) is 25.6 Å². The summed E-state index contributed by atoms with van der Waals surface area (Å²) < 4.78 is 29.2. The van der Waals surface area contributed by atoms with Gasteiger partial charge in [-0.2, -0.15) is 4.98 Å². The molecule has 0 saturated heterocycles. The lowest BCUT2D eigenvalue weighted by Gasteiger charge is -2.06. The van der Waals surface area contributed by atoms with Gasteiger partial charge in [-0.05, 0) is 42.5 Å². The summed E-state index contributed by atoms with van der Waals surface area (Å²) in [5.74, 6) is -0.859. The predicted molar refractivity (Wildman–Crippen MR) is 94.1 cm³/mol. The summed E-state index contributed by atoms with van der Waals surface area (Å²) in [6.07, 6.45) is 0. The zero-order valence-electron chi connectivity index (χ0n) is 13.1. The van der Waals surface area contributed by atoms with E-state index in [9.17, 15) is 9.18 Å². The van der Waals surface area contributed by atoms with E-state index < -0.39 is 18.4 Å². The molecule has 0 spiro atoms. The van der Waals surface area contributed by atoms with Crippen molar-refractivity contribution in [3.05, 3.63) is 63.7 Å². The van der Waals surface area contributed by atoms with Gasteiger partial charge in [0.25, 0.3) is 5.89 Å². The van der Waals surface area contributed by atoms with Crippen LogP contribution in [0, 0.1) is 5.82 Å². The minimum Gasteiger partial charge on any atom is -0.479 e. The maximum atomic E-state index is 13.6. The number of nitrogens with zero attached hydrogens (tertiary/aromatic N) is 2. The van der Waals surface area contributed by atoms with Gasteiger partial charge in [0, 0.05) is 15.1 Å². The molecule has 0 aliphatic carbocycles. The number of carbonyl (C=O) groups excluding carboxylic acids is 1. The molecule has 0 saturated carbocycles. The lowest BCUT2D eigenvalue weighted by atomic mass is 10.2. The maximum absolute atomic E-state index is 13.6. The van der Waals surface area contributed by atoms with Crippen LogP contribution in [-0.2, 0) is 16.1 Å². The van der Waals surface area contributed by atoms with Crippen LogP contribution in [-0.4, -0.2) is 22.7 Å². The van der Waals surface area contributed by atoms with Crippen molar-refractivity contribution < 1.29 is 23.2 Å². The average molecular weight is 442 g/mol. The smallest absolute Gasteiger partial charge is 0.344 e. The Bertz CT molecular complexity index is 917. The van der Waals surface area contributed by atoms with Crippen molar-refractivity contribution >= 4 is 33.5 Å². The van der Waals surface area contributed by atoms with Crippen LogP contribution >= 0.6 is 27.5 Å².